The molecule has 2 heterocycles. The number of carbonyl (C=O) groups is 2. The van der Waals surface area contributed by atoms with Gasteiger partial charge in [0.2, 0.25) is 11.8 Å². The summed E-state index contributed by atoms with van der Waals surface area (Å²) in [7, 11) is 0. The van der Waals surface area contributed by atoms with Crippen LogP contribution in [0.15, 0.2) is 48.5 Å². The normalized spacial score (nSPS) is 18.5. The van der Waals surface area contributed by atoms with E-state index in [-0.39, 0.29) is 24.2 Å². The fourth-order valence-electron chi connectivity index (χ4n) is 3.62. The van der Waals surface area contributed by atoms with Crippen LogP contribution in [0.2, 0.25) is 0 Å². The monoisotopic (exact) mass is 366 g/mol. The zero-order valence-corrected chi connectivity index (χ0v) is 15.3. The highest BCUT2D eigenvalue weighted by Crippen LogP contribution is 2.36. The molecule has 2 amide bonds. The maximum Gasteiger partial charge on any atom is 0.232 e. The van der Waals surface area contributed by atoms with E-state index in [2.05, 4.69) is 0 Å². The molecule has 0 aromatic heterocycles. The first-order valence-electron chi connectivity index (χ1n) is 9.24. The fraction of sp³-hybridized carbons (Fsp3) is 0.333. The van der Waals surface area contributed by atoms with E-state index < -0.39 is 0 Å². The minimum Gasteiger partial charge on any atom is -0.486 e. The number of benzene rings is 2. The van der Waals surface area contributed by atoms with Gasteiger partial charge in [-0.3, -0.25) is 9.59 Å². The molecule has 0 radical (unpaired) electrons. The van der Waals surface area contributed by atoms with Crippen molar-refractivity contribution in [3.8, 4) is 11.5 Å². The van der Waals surface area contributed by atoms with Crippen molar-refractivity contribution in [1.29, 1.82) is 0 Å². The first kappa shape index (κ1) is 17.4. The molecule has 0 bridgehead atoms. The van der Waals surface area contributed by atoms with E-state index in [1.165, 1.54) is 0 Å². The molecule has 0 aliphatic carbocycles. The molecule has 0 unspecified atom stereocenters. The molecular weight excluding hydrogens is 344 g/mol. The summed E-state index contributed by atoms with van der Waals surface area (Å²) in [5.41, 5.74) is 1.59. The number of anilines is 2. The number of amides is 2. The van der Waals surface area contributed by atoms with Crippen LogP contribution < -0.4 is 19.3 Å². The number of hydrogen-bond acceptors (Lipinski definition) is 4. The maximum atomic E-state index is 13.0. The molecule has 0 spiro atoms. The van der Waals surface area contributed by atoms with Gasteiger partial charge in [0, 0.05) is 37.0 Å². The Balaban J connectivity index is 1.52. The van der Waals surface area contributed by atoms with Gasteiger partial charge < -0.3 is 19.3 Å². The van der Waals surface area contributed by atoms with Crippen molar-refractivity contribution in [2.45, 2.75) is 13.3 Å². The number of para-hydroxylation sites is 1. The van der Waals surface area contributed by atoms with E-state index in [4.69, 9.17) is 9.47 Å². The standard InChI is InChI=1S/C21H22N2O4/c1-2-22(16-6-4-3-5-7-16)21(25)15-12-20(24)23(14-15)17-8-9-18-19(13-17)27-11-10-26-18/h3-9,13,15H,2,10-12,14H2,1H3/t15-/m1/s1. The highest BCUT2D eigenvalue weighted by atomic mass is 16.6. The lowest BCUT2D eigenvalue weighted by Gasteiger charge is -2.25. The van der Waals surface area contributed by atoms with Gasteiger partial charge in [-0.15, -0.1) is 0 Å². The van der Waals surface area contributed by atoms with Crippen LogP contribution in [0.1, 0.15) is 13.3 Å². The molecule has 27 heavy (non-hydrogen) atoms. The van der Waals surface area contributed by atoms with E-state index in [1.807, 2.05) is 55.5 Å². The molecule has 140 valence electrons. The molecule has 1 atom stereocenters. The van der Waals surface area contributed by atoms with Crippen molar-refractivity contribution in [2.75, 3.05) is 36.1 Å². The lowest BCUT2D eigenvalue weighted by molar-refractivity contribution is -0.124. The zero-order chi connectivity index (χ0) is 18.8. The molecule has 1 fully saturated rings. The second kappa shape index (κ2) is 7.31. The molecule has 2 aromatic rings. The smallest absolute Gasteiger partial charge is 0.232 e. The summed E-state index contributed by atoms with van der Waals surface area (Å²) in [6.45, 7) is 3.91. The van der Waals surface area contributed by atoms with Crippen LogP contribution in [0.5, 0.6) is 11.5 Å². The van der Waals surface area contributed by atoms with Gasteiger partial charge in [-0.05, 0) is 31.2 Å². The highest BCUT2D eigenvalue weighted by molar-refractivity contribution is 6.04. The molecule has 2 aromatic carbocycles. The van der Waals surface area contributed by atoms with Gasteiger partial charge in [-0.1, -0.05) is 18.2 Å². The quantitative estimate of drug-likeness (QED) is 0.835. The number of nitrogens with zero attached hydrogens (tertiary/aromatic N) is 2. The largest absolute Gasteiger partial charge is 0.486 e. The van der Waals surface area contributed by atoms with Crippen molar-refractivity contribution in [1.82, 2.24) is 0 Å². The third-order valence-corrected chi connectivity index (χ3v) is 4.96. The summed E-state index contributed by atoms with van der Waals surface area (Å²) in [6.07, 6.45) is 0.219. The van der Waals surface area contributed by atoms with Crippen LogP contribution in [0.3, 0.4) is 0 Å². The van der Waals surface area contributed by atoms with E-state index >= 15 is 0 Å². The molecule has 6 heteroatoms. The second-order valence-corrected chi connectivity index (χ2v) is 6.65. The van der Waals surface area contributed by atoms with Gasteiger partial charge >= 0.3 is 0 Å². The molecule has 2 aliphatic heterocycles. The Morgan fingerprint density at radius 2 is 1.85 bits per heavy atom. The van der Waals surface area contributed by atoms with Crippen molar-refractivity contribution >= 4 is 23.2 Å². The average molecular weight is 366 g/mol. The van der Waals surface area contributed by atoms with E-state index in [0.717, 1.165) is 11.4 Å². The Morgan fingerprint density at radius 1 is 1.11 bits per heavy atom. The number of ether oxygens (including phenoxy) is 2. The Hall–Kier alpha value is -3.02. The fourth-order valence-corrected chi connectivity index (χ4v) is 3.62. The van der Waals surface area contributed by atoms with Gasteiger partial charge in [0.15, 0.2) is 11.5 Å². The van der Waals surface area contributed by atoms with E-state index in [9.17, 15) is 9.59 Å². The van der Waals surface area contributed by atoms with Crippen molar-refractivity contribution < 1.29 is 19.1 Å². The Bertz CT molecular complexity index is 853. The number of rotatable bonds is 4. The maximum absolute atomic E-state index is 13.0. The summed E-state index contributed by atoms with van der Waals surface area (Å²) >= 11 is 0. The van der Waals surface area contributed by atoms with Gasteiger partial charge in [-0.25, -0.2) is 0 Å². The first-order chi connectivity index (χ1) is 13.2. The minimum atomic E-state index is -0.356. The number of hydrogen-bond donors (Lipinski definition) is 0. The van der Waals surface area contributed by atoms with Gasteiger partial charge in [0.1, 0.15) is 13.2 Å². The van der Waals surface area contributed by atoms with Crippen LogP contribution in [-0.2, 0) is 9.59 Å². The Labute approximate surface area is 158 Å². The predicted octanol–water partition coefficient (Wildman–Crippen LogP) is 2.86. The van der Waals surface area contributed by atoms with Gasteiger partial charge in [0.05, 0.1) is 5.92 Å². The van der Waals surface area contributed by atoms with Crippen molar-refractivity contribution in [2.24, 2.45) is 5.92 Å². The lowest BCUT2D eigenvalue weighted by Crippen LogP contribution is -2.37. The summed E-state index contributed by atoms with van der Waals surface area (Å²) in [6, 6.07) is 15.0. The lowest BCUT2D eigenvalue weighted by atomic mass is 10.1. The average Bonchev–Trinajstić information content (AvgIpc) is 3.10. The topological polar surface area (TPSA) is 59.1 Å². The molecule has 2 aliphatic rings. The van der Waals surface area contributed by atoms with Crippen molar-refractivity contribution in [3.63, 3.8) is 0 Å². The Morgan fingerprint density at radius 3 is 2.59 bits per heavy atom. The number of carbonyl (C=O) groups excluding carboxylic acids is 2. The predicted molar refractivity (Wildman–Crippen MR) is 102 cm³/mol. The third-order valence-electron chi connectivity index (χ3n) is 4.96. The minimum absolute atomic E-state index is 0.0166. The SMILES string of the molecule is CCN(C(=O)[C@@H]1CC(=O)N(c2ccc3c(c2)OCCO3)C1)c1ccccc1. The van der Waals surface area contributed by atoms with Gasteiger partial charge in [0.25, 0.3) is 0 Å². The van der Waals surface area contributed by atoms with E-state index in [1.54, 1.807) is 9.80 Å². The van der Waals surface area contributed by atoms with E-state index in [0.29, 0.717) is 37.8 Å². The molecule has 0 saturated carbocycles. The Kier molecular flexibility index (Phi) is 4.71. The van der Waals surface area contributed by atoms with Crippen LogP contribution in [0, 0.1) is 5.92 Å². The van der Waals surface area contributed by atoms with Gasteiger partial charge in [-0.2, -0.15) is 0 Å². The van der Waals surface area contributed by atoms with Crippen LogP contribution >= 0.6 is 0 Å². The highest BCUT2D eigenvalue weighted by Gasteiger charge is 2.37. The third kappa shape index (κ3) is 3.35. The molecule has 4 rings (SSSR count). The van der Waals surface area contributed by atoms with Crippen LogP contribution in [0.4, 0.5) is 11.4 Å². The number of fused-ring (bicyclic) bond motifs is 1. The summed E-state index contributed by atoms with van der Waals surface area (Å²) in [5, 5.41) is 0. The summed E-state index contributed by atoms with van der Waals surface area (Å²) < 4.78 is 11.1. The summed E-state index contributed by atoms with van der Waals surface area (Å²) in [5.74, 6) is 0.906. The zero-order valence-electron chi connectivity index (χ0n) is 15.3. The van der Waals surface area contributed by atoms with Crippen molar-refractivity contribution in [3.05, 3.63) is 48.5 Å². The van der Waals surface area contributed by atoms with Crippen LogP contribution in [-0.4, -0.2) is 38.1 Å². The first-order valence-corrected chi connectivity index (χ1v) is 9.24. The second-order valence-electron chi connectivity index (χ2n) is 6.65. The summed E-state index contributed by atoms with van der Waals surface area (Å²) in [4.78, 5) is 29.0. The molecule has 6 nitrogen and oxygen atoms in total. The van der Waals surface area contributed by atoms with Crippen LogP contribution in [0.25, 0.3) is 0 Å². The molecular formula is C21H22N2O4. The molecule has 1 saturated heterocycles. The molecule has 0 N–H and O–H groups in total.